The summed E-state index contributed by atoms with van der Waals surface area (Å²) in [7, 11) is 0. The van der Waals surface area contributed by atoms with Gasteiger partial charge in [0.05, 0.1) is 5.41 Å². The third kappa shape index (κ3) is 4.34. The summed E-state index contributed by atoms with van der Waals surface area (Å²) < 4.78 is 0. The van der Waals surface area contributed by atoms with Crippen LogP contribution >= 0.6 is 0 Å². The van der Waals surface area contributed by atoms with Gasteiger partial charge in [0, 0.05) is 12.0 Å². The summed E-state index contributed by atoms with van der Waals surface area (Å²) >= 11 is 0. The molecular formula is C12H24N2O3. The highest BCUT2D eigenvalue weighted by molar-refractivity contribution is 5.80. The van der Waals surface area contributed by atoms with E-state index in [9.17, 15) is 9.59 Å². The van der Waals surface area contributed by atoms with Crippen LogP contribution in [0.25, 0.3) is 0 Å². The van der Waals surface area contributed by atoms with Crippen molar-refractivity contribution in [2.45, 2.75) is 52.5 Å². The minimum Gasteiger partial charge on any atom is -0.481 e. The number of hydrogen-bond acceptors (Lipinski definition) is 3. The van der Waals surface area contributed by atoms with Crippen molar-refractivity contribution in [3.05, 3.63) is 0 Å². The predicted molar refractivity (Wildman–Crippen MR) is 66.5 cm³/mol. The normalized spacial score (nSPS) is 12.3. The number of carbonyl (C=O) groups excluding carboxylic acids is 1. The number of nitrogens with one attached hydrogen (secondary N) is 1. The average molecular weight is 244 g/mol. The molecule has 0 rings (SSSR count). The molecule has 1 amide bonds. The molecule has 5 nitrogen and oxygen atoms in total. The fourth-order valence-electron chi connectivity index (χ4n) is 1.26. The second-order valence-corrected chi connectivity index (χ2v) is 5.35. The Hall–Kier alpha value is -1.10. The first kappa shape index (κ1) is 15.9. The van der Waals surface area contributed by atoms with E-state index in [-0.39, 0.29) is 5.91 Å². The Labute approximate surface area is 103 Å². The zero-order valence-electron chi connectivity index (χ0n) is 11.2. The van der Waals surface area contributed by atoms with Crippen molar-refractivity contribution < 1.29 is 14.7 Å². The molecule has 0 atom stereocenters. The fraction of sp³-hybridized carbons (Fsp3) is 0.833. The van der Waals surface area contributed by atoms with Gasteiger partial charge in [-0.15, -0.1) is 0 Å². The van der Waals surface area contributed by atoms with Crippen molar-refractivity contribution in [2.75, 3.05) is 6.54 Å². The number of carboxylic acids is 1. The van der Waals surface area contributed by atoms with Crippen LogP contribution in [0.2, 0.25) is 0 Å². The van der Waals surface area contributed by atoms with E-state index in [1.807, 2.05) is 0 Å². The molecule has 5 heteroatoms. The monoisotopic (exact) mass is 244 g/mol. The average Bonchev–Trinajstić information content (AvgIpc) is 2.16. The third-order valence-electron chi connectivity index (χ3n) is 3.41. The molecule has 0 unspecified atom stereocenters. The lowest BCUT2D eigenvalue weighted by molar-refractivity contribution is -0.151. The number of unbranched alkanes of at least 4 members (excludes halogenated alkanes) is 1. The fourth-order valence-corrected chi connectivity index (χ4v) is 1.26. The van der Waals surface area contributed by atoms with Gasteiger partial charge in [-0.3, -0.25) is 9.59 Å². The van der Waals surface area contributed by atoms with E-state index in [1.165, 1.54) is 0 Å². The molecule has 0 aromatic rings. The number of nitrogens with two attached hydrogens (primary N) is 1. The molecule has 0 saturated heterocycles. The van der Waals surface area contributed by atoms with Crippen LogP contribution in [-0.4, -0.2) is 29.1 Å². The number of hydrogen-bond donors (Lipinski definition) is 3. The van der Waals surface area contributed by atoms with Gasteiger partial charge in [0.25, 0.3) is 0 Å². The molecule has 0 aliphatic heterocycles. The van der Waals surface area contributed by atoms with Gasteiger partial charge in [-0.1, -0.05) is 0 Å². The van der Waals surface area contributed by atoms with Crippen LogP contribution in [0.3, 0.4) is 0 Å². The lowest BCUT2D eigenvalue weighted by Gasteiger charge is -2.38. The second kappa shape index (κ2) is 6.00. The molecule has 4 N–H and O–H groups in total. The van der Waals surface area contributed by atoms with Crippen molar-refractivity contribution in [1.82, 2.24) is 5.32 Å². The van der Waals surface area contributed by atoms with E-state index in [0.717, 1.165) is 12.8 Å². The van der Waals surface area contributed by atoms with Crippen molar-refractivity contribution in [2.24, 2.45) is 11.1 Å². The molecule has 17 heavy (non-hydrogen) atoms. The molecule has 0 aliphatic carbocycles. The lowest BCUT2D eigenvalue weighted by Crippen LogP contribution is -2.56. The van der Waals surface area contributed by atoms with Gasteiger partial charge in [0.15, 0.2) is 0 Å². The molecule has 0 aromatic carbocycles. The molecule has 0 saturated carbocycles. The zero-order chi connectivity index (χ0) is 13.7. The summed E-state index contributed by atoms with van der Waals surface area (Å²) in [5.74, 6) is -1.05. The topological polar surface area (TPSA) is 92.4 Å². The van der Waals surface area contributed by atoms with Gasteiger partial charge in [-0.05, 0) is 47.1 Å². The molecule has 0 aliphatic rings. The smallest absolute Gasteiger partial charge is 0.311 e. The predicted octanol–water partition coefficient (Wildman–Crippen LogP) is 1.12. The highest BCUT2D eigenvalue weighted by atomic mass is 16.4. The van der Waals surface area contributed by atoms with Crippen molar-refractivity contribution in [3.63, 3.8) is 0 Å². The maximum Gasteiger partial charge on any atom is 0.311 e. The number of rotatable bonds is 7. The van der Waals surface area contributed by atoms with Crippen LogP contribution in [0.15, 0.2) is 0 Å². The summed E-state index contributed by atoms with van der Waals surface area (Å²) in [6, 6.07) is 0. The molecule has 0 spiro atoms. The first-order valence-corrected chi connectivity index (χ1v) is 5.89. The largest absolute Gasteiger partial charge is 0.481 e. The number of carboxylic acid groups (broad SMARTS) is 1. The van der Waals surface area contributed by atoms with Gasteiger partial charge in [-0.2, -0.15) is 0 Å². The molecule has 0 bridgehead atoms. The number of amides is 1. The molecule has 0 fully saturated rings. The van der Waals surface area contributed by atoms with E-state index in [1.54, 1.807) is 27.7 Å². The highest BCUT2D eigenvalue weighted by Gasteiger charge is 2.44. The second-order valence-electron chi connectivity index (χ2n) is 5.35. The molecular weight excluding hydrogens is 220 g/mol. The molecule has 0 aromatic heterocycles. The van der Waals surface area contributed by atoms with Crippen molar-refractivity contribution in [1.29, 1.82) is 0 Å². The summed E-state index contributed by atoms with van der Waals surface area (Å²) in [6.07, 6.45) is 1.92. The first-order chi connectivity index (χ1) is 7.65. The van der Waals surface area contributed by atoms with Crippen LogP contribution in [0.4, 0.5) is 0 Å². The van der Waals surface area contributed by atoms with Gasteiger partial charge in [0.2, 0.25) is 5.91 Å². The Morgan fingerprint density at radius 3 is 2.12 bits per heavy atom. The van der Waals surface area contributed by atoms with Crippen LogP contribution in [-0.2, 0) is 9.59 Å². The highest BCUT2D eigenvalue weighted by Crippen LogP contribution is 2.30. The molecule has 0 heterocycles. The Bertz CT molecular complexity index is 285. The standard InChI is InChI=1S/C12H24N2O3/c1-11(2,10(16)17)12(3,4)14-9(15)7-5-6-8-13/h5-8,13H2,1-4H3,(H,14,15)(H,16,17). The maximum absolute atomic E-state index is 11.7. The summed E-state index contributed by atoms with van der Waals surface area (Å²) in [5.41, 5.74) is 3.53. The summed E-state index contributed by atoms with van der Waals surface area (Å²) in [5, 5.41) is 11.9. The van der Waals surface area contributed by atoms with E-state index in [4.69, 9.17) is 10.8 Å². The number of carbonyl (C=O) groups is 2. The van der Waals surface area contributed by atoms with Crippen LogP contribution in [0, 0.1) is 5.41 Å². The van der Waals surface area contributed by atoms with E-state index in [0.29, 0.717) is 13.0 Å². The summed E-state index contributed by atoms with van der Waals surface area (Å²) in [4.78, 5) is 22.8. The Balaban J connectivity index is 4.44. The van der Waals surface area contributed by atoms with E-state index in [2.05, 4.69) is 5.32 Å². The van der Waals surface area contributed by atoms with Gasteiger partial charge >= 0.3 is 5.97 Å². The Morgan fingerprint density at radius 2 is 1.71 bits per heavy atom. The third-order valence-corrected chi connectivity index (χ3v) is 3.41. The SMILES string of the molecule is CC(C)(NC(=O)CCCCN)C(C)(C)C(=O)O. The van der Waals surface area contributed by atoms with E-state index >= 15 is 0 Å². The van der Waals surface area contributed by atoms with Crippen LogP contribution < -0.4 is 11.1 Å². The minimum absolute atomic E-state index is 0.127. The van der Waals surface area contributed by atoms with Crippen molar-refractivity contribution in [3.8, 4) is 0 Å². The minimum atomic E-state index is -1.02. The van der Waals surface area contributed by atoms with E-state index < -0.39 is 16.9 Å². The summed E-state index contributed by atoms with van der Waals surface area (Å²) in [6.45, 7) is 7.23. The Kier molecular flexibility index (Phi) is 5.61. The first-order valence-electron chi connectivity index (χ1n) is 5.89. The van der Waals surface area contributed by atoms with Gasteiger partial charge in [-0.25, -0.2) is 0 Å². The number of aliphatic carboxylic acids is 1. The lowest BCUT2D eigenvalue weighted by atomic mass is 9.74. The van der Waals surface area contributed by atoms with Gasteiger partial charge in [0.1, 0.15) is 0 Å². The molecule has 0 radical (unpaired) electrons. The van der Waals surface area contributed by atoms with Gasteiger partial charge < -0.3 is 16.2 Å². The Morgan fingerprint density at radius 1 is 1.18 bits per heavy atom. The molecule has 100 valence electrons. The van der Waals surface area contributed by atoms with Crippen LogP contribution in [0.1, 0.15) is 47.0 Å². The van der Waals surface area contributed by atoms with Crippen LogP contribution in [0.5, 0.6) is 0 Å². The quantitative estimate of drug-likeness (QED) is 0.585. The van der Waals surface area contributed by atoms with Crippen molar-refractivity contribution >= 4 is 11.9 Å². The zero-order valence-corrected chi connectivity index (χ0v) is 11.2. The maximum atomic E-state index is 11.7.